The Kier molecular flexibility index (Phi) is 56.7. The van der Waals surface area contributed by atoms with Gasteiger partial charge in [0.05, 0.1) is 33.8 Å². The van der Waals surface area contributed by atoms with Crippen LogP contribution in [0.5, 0.6) is 0 Å². The van der Waals surface area contributed by atoms with Crippen molar-refractivity contribution in [1.82, 2.24) is 5.32 Å². The predicted molar refractivity (Wildman–Crippen MR) is 337 cm³/mol. The van der Waals surface area contributed by atoms with Gasteiger partial charge in [-0.25, -0.2) is 4.57 Å². The first-order chi connectivity index (χ1) is 37.9. The number of nitrogens with zero attached hydrogens (tertiary/aromatic N) is 1. The summed E-state index contributed by atoms with van der Waals surface area (Å²) in [6, 6.07) is -0.845. The predicted octanol–water partition coefficient (Wildman–Crippen LogP) is 20.8. The van der Waals surface area contributed by atoms with Crippen molar-refractivity contribution in [1.29, 1.82) is 0 Å². The Bertz CT molecular complexity index is 1470. The van der Waals surface area contributed by atoms with Crippen molar-refractivity contribution in [2.75, 3.05) is 40.9 Å². The average molecular weight is 1120 g/mol. The number of rotatable bonds is 61. The molecular weight excluding hydrogens is 988 g/mol. The van der Waals surface area contributed by atoms with Crippen molar-refractivity contribution in [2.45, 2.75) is 335 Å². The van der Waals surface area contributed by atoms with Gasteiger partial charge in [-0.2, -0.15) is 0 Å². The van der Waals surface area contributed by atoms with Crippen molar-refractivity contribution in [3.63, 3.8) is 0 Å². The summed E-state index contributed by atoms with van der Waals surface area (Å²) in [6.07, 6.45) is 72.6. The molecule has 0 aromatic rings. The Morgan fingerprint density at radius 1 is 0.449 bits per heavy atom. The quantitative estimate of drug-likeness (QED) is 0.0205. The Hall–Kier alpha value is -2.03. The molecule has 1 amide bonds. The van der Waals surface area contributed by atoms with E-state index in [1.54, 1.807) is 0 Å². The summed E-state index contributed by atoms with van der Waals surface area (Å²) in [5.41, 5.74) is 0. The zero-order valence-electron chi connectivity index (χ0n) is 52.4. The maximum Gasteiger partial charge on any atom is 0.472 e. The number of hydrogen-bond donors (Lipinski definition) is 2. The summed E-state index contributed by atoms with van der Waals surface area (Å²) < 4.78 is 30.7. The minimum Gasteiger partial charge on any atom is -0.456 e. The minimum atomic E-state index is -4.45. The van der Waals surface area contributed by atoms with Crippen LogP contribution >= 0.6 is 7.82 Å². The third kappa shape index (κ3) is 58.6. The van der Waals surface area contributed by atoms with Crippen LogP contribution in [0.3, 0.4) is 0 Å². The van der Waals surface area contributed by atoms with Crippen LogP contribution in [0.15, 0.2) is 48.6 Å². The molecule has 0 saturated heterocycles. The molecule has 9 nitrogen and oxygen atoms in total. The van der Waals surface area contributed by atoms with Crippen LogP contribution in [0.2, 0.25) is 0 Å². The number of amides is 1. The molecule has 2 N–H and O–H groups in total. The van der Waals surface area contributed by atoms with Crippen LogP contribution < -0.4 is 5.32 Å². The SMILES string of the molecule is CCCCC/C=C\C/C=C\C/C=C\CCCCCCCCCCCCCCCCC(=O)NC(COP(=O)(O)OCC[N+](C)(C)C)C(/C=C\CCCCCCCCCCCC)OC(=O)CCCCCCCCCCCCCCC. The van der Waals surface area contributed by atoms with Gasteiger partial charge >= 0.3 is 13.8 Å². The lowest BCUT2D eigenvalue weighted by Gasteiger charge is -2.27. The molecule has 0 saturated carbocycles. The molecular formula is C68H130N2O7P+. The topological polar surface area (TPSA) is 111 Å². The van der Waals surface area contributed by atoms with Crippen molar-refractivity contribution in [3.05, 3.63) is 48.6 Å². The fraction of sp³-hybridized carbons (Fsp3) is 0.853. The highest BCUT2D eigenvalue weighted by Crippen LogP contribution is 2.43. The van der Waals surface area contributed by atoms with Crippen LogP contribution in [0.25, 0.3) is 0 Å². The second-order valence-electron chi connectivity index (χ2n) is 24.0. The highest BCUT2D eigenvalue weighted by Gasteiger charge is 2.30. The lowest BCUT2D eigenvalue weighted by atomic mass is 10.0. The van der Waals surface area contributed by atoms with Crippen molar-refractivity contribution in [2.24, 2.45) is 0 Å². The van der Waals surface area contributed by atoms with Crippen molar-refractivity contribution < 1.29 is 37.3 Å². The van der Waals surface area contributed by atoms with E-state index in [1.807, 2.05) is 33.3 Å². The lowest BCUT2D eigenvalue weighted by molar-refractivity contribution is -0.870. The Balaban J connectivity index is 5.00. The van der Waals surface area contributed by atoms with Gasteiger partial charge in [0.25, 0.3) is 0 Å². The average Bonchev–Trinajstić information content (AvgIpc) is 3.40. The first-order valence-electron chi connectivity index (χ1n) is 33.5. The van der Waals surface area contributed by atoms with E-state index in [-0.39, 0.29) is 25.1 Å². The van der Waals surface area contributed by atoms with Crippen molar-refractivity contribution in [3.8, 4) is 0 Å². The third-order valence-electron chi connectivity index (χ3n) is 15.0. The molecule has 458 valence electrons. The summed E-state index contributed by atoms with van der Waals surface area (Å²) in [4.78, 5) is 37.7. The second kappa shape index (κ2) is 58.2. The molecule has 0 aliphatic heterocycles. The smallest absolute Gasteiger partial charge is 0.456 e. The molecule has 0 spiro atoms. The first-order valence-corrected chi connectivity index (χ1v) is 35.0. The number of esters is 1. The molecule has 3 atom stereocenters. The number of unbranched alkanes of at least 4 members (excludes halogenated alkanes) is 39. The summed E-state index contributed by atoms with van der Waals surface area (Å²) in [5.74, 6) is -0.492. The summed E-state index contributed by atoms with van der Waals surface area (Å²) in [6.45, 7) is 7.02. The highest BCUT2D eigenvalue weighted by molar-refractivity contribution is 7.47. The molecule has 0 heterocycles. The Labute approximate surface area is 484 Å². The molecule has 0 rings (SSSR count). The Morgan fingerprint density at radius 2 is 0.782 bits per heavy atom. The van der Waals surface area contributed by atoms with Gasteiger partial charge in [0.15, 0.2) is 0 Å². The summed E-state index contributed by atoms with van der Waals surface area (Å²) >= 11 is 0. The first kappa shape index (κ1) is 76.0. The van der Waals surface area contributed by atoms with Gasteiger partial charge in [-0.05, 0) is 70.3 Å². The van der Waals surface area contributed by atoms with Crippen LogP contribution in [0.1, 0.15) is 323 Å². The van der Waals surface area contributed by atoms with Crippen LogP contribution in [-0.4, -0.2) is 74.3 Å². The summed E-state index contributed by atoms with van der Waals surface area (Å²) in [7, 11) is 1.51. The molecule has 78 heavy (non-hydrogen) atoms. The number of ether oxygens (including phenoxy) is 1. The van der Waals surface area contributed by atoms with Gasteiger partial charge in [-0.1, -0.05) is 288 Å². The van der Waals surface area contributed by atoms with E-state index in [4.69, 9.17) is 13.8 Å². The molecule has 0 aromatic carbocycles. The van der Waals surface area contributed by atoms with Gasteiger partial charge in [-0.15, -0.1) is 0 Å². The second-order valence-corrected chi connectivity index (χ2v) is 25.5. The number of carbonyl (C=O) groups excluding carboxylic acids is 2. The zero-order chi connectivity index (χ0) is 57.2. The standard InChI is InChI=1S/C68H129N2O7P/c1-7-10-13-16-19-22-25-28-29-30-31-32-33-34-35-36-37-38-39-40-41-43-45-48-51-54-57-60-67(71)69-65(64-76-78(73,74)75-63-62-70(4,5)6)66(59-56-53-50-47-44-27-24-21-18-15-12-9-3)77-68(72)61-58-55-52-49-46-42-26-23-20-17-14-11-8-2/h19,22,28-29,31-32,56,59,65-66H,7-18,20-21,23-27,30,33-55,57-58,60-64H2,1-6H3,(H-,69,71,73,74)/p+1/b22-19-,29-28-,32-31-,59-56-. The molecule has 0 bridgehead atoms. The molecule has 10 heteroatoms. The molecule has 0 aliphatic carbocycles. The van der Waals surface area contributed by atoms with Crippen molar-refractivity contribution >= 4 is 19.7 Å². The summed E-state index contributed by atoms with van der Waals surface area (Å²) in [5, 5.41) is 3.07. The van der Waals surface area contributed by atoms with E-state index in [0.717, 1.165) is 70.6 Å². The third-order valence-corrected chi connectivity index (χ3v) is 16.0. The number of likely N-dealkylation sites (N-methyl/N-ethyl adjacent to an activating group) is 1. The van der Waals surface area contributed by atoms with Gasteiger partial charge < -0.3 is 19.4 Å². The van der Waals surface area contributed by atoms with E-state index < -0.39 is 20.0 Å². The fourth-order valence-electron chi connectivity index (χ4n) is 9.83. The van der Waals surface area contributed by atoms with E-state index in [9.17, 15) is 19.0 Å². The lowest BCUT2D eigenvalue weighted by Crippen LogP contribution is -2.47. The Morgan fingerprint density at radius 3 is 1.19 bits per heavy atom. The maximum absolute atomic E-state index is 13.6. The van der Waals surface area contributed by atoms with Gasteiger partial charge in [-0.3, -0.25) is 18.6 Å². The molecule has 3 unspecified atom stereocenters. The number of phosphoric ester groups is 1. The normalized spacial score (nSPS) is 13.9. The number of hydrogen-bond acceptors (Lipinski definition) is 6. The highest BCUT2D eigenvalue weighted by atomic mass is 31.2. The maximum atomic E-state index is 13.6. The molecule has 0 fully saturated rings. The van der Waals surface area contributed by atoms with E-state index in [1.165, 1.54) is 218 Å². The molecule has 0 aromatic heterocycles. The number of carbonyl (C=O) groups is 2. The van der Waals surface area contributed by atoms with Gasteiger partial charge in [0.2, 0.25) is 5.91 Å². The van der Waals surface area contributed by atoms with E-state index >= 15 is 0 Å². The fourth-order valence-corrected chi connectivity index (χ4v) is 10.6. The molecule has 0 aliphatic rings. The van der Waals surface area contributed by atoms with E-state index in [0.29, 0.717) is 23.9 Å². The number of nitrogens with one attached hydrogen (secondary N) is 1. The largest absolute Gasteiger partial charge is 0.472 e. The number of allylic oxidation sites excluding steroid dienone is 7. The van der Waals surface area contributed by atoms with Crippen LogP contribution in [0.4, 0.5) is 0 Å². The number of quaternary nitrogens is 1. The minimum absolute atomic E-state index is 0.0421. The molecule has 0 radical (unpaired) electrons. The number of phosphoric acid groups is 1. The van der Waals surface area contributed by atoms with Gasteiger partial charge in [0, 0.05) is 12.8 Å². The van der Waals surface area contributed by atoms with Gasteiger partial charge in [0.1, 0.15) is 19.3 Å². The van der Waals surface area contributed by atoms with Crippen LogP contribution in [-0.2, 0) is 27.9 Å². The monoisotopic (exact) mass is 1120 g/mol. The van der Waals surface area contributed by atoms with Crippen LogP contribution in [0, 0.1) is 0 Å². The van der Waals surface area contributed by atoms with E-state index in [2.05, 4.69) is 62.5 Å². The zero-order valence-corrected chi connectivity index (χ0v) is 53.3.